The number of amides is 3. The topological polar surface area (TPSA) is 97.0 Å². The monoisotopic (exact) mass is 585 g/mol. The molecule has 0 saturated carbocycles. The highest BCUT2D eigenvalue weighted by Crippen LogP contribution is 2.29. The molecule has 2 unspecified atom stereocenters. The van der Waals surface area contributed by atoms with Crippen LogP contribution in [0.3, 0.4) is 0 Å². The van der Waals surface area contributed by atoms with Crippen molar-refractivity contribution in [2.45, 2.75) is 91.3 Å². The highest BCUT2D eigenvalue weighted by molar-refractivity contribution is 7.80. The second-order valence-corrected chi connectivity index (χ2v) is 11.6. The van der Waals surface area contributed by atoms with Gasteiger partial charge in [-0.25, -0.2) is 4.79 Å². The Morgan fingerprint density at radius 1 is 0.976 bits per heavy atom. The number of alkyl carbamates (subject to hydrolysis) is 1. The van der Waals surface area contributed by atoms with Gasteiger partial charge in [0.25, 0.3) is 5.91 Å². The lowest BCUT2D eigenvalue weighted by atomic mass is 9.94. The van der Waals surface area contributed by atoms with Crippen LogP contribution in [0, 0.1) is 13.8 Å². The van der Waals surface area contributed by atoms with Crippen molar-refractivity contribution in [3.63, 3.8) is 0 Å². The smallest absolute Gasteiger partial charge is 0.408 e. The standard InChI is InChI=1S/C32H47N3O5S/c1-8-9-10-11-12-20-35(30(37)27(21-41)34-31(38)40-32(4,5)6)28(26-15-13-14-22(2)23(26)3)29(36)33-24-16-18-25(39-7)19-17-24/h13-19,27-28,41H,8-12,20-21H2,1-7H3,(H,33,36)(H,34,38). The summed E-state index contributed by atoms with van der Waals surface area (Å²) in [6.07, 6.45) is 4.16. The fourth-order valence-electron chi connectivity index (χ4n) is 4.49. The molecule has 41 heavy (non-hydrogen) atoms. The lowest BCUT2D eigenvalue weighted by molar-refractivity contribution is -0.140. The van der Waals surface area contributed by atoms with E-state index in [0.717, 1.165) is 42.4 Å². The third-order valence-electron chi connectivity index (χ3n) is 6.82. The number of nitrogens with one attached hydrogen (secondary N) is 2. The molecule has 0 heterocycles. The van der Waals surface area contributed by atoms with Crippen molar-refractivity contribution in [1.82, 2.24) is 10.2 Å². The number of hydrogen-bond acceptors (Lipinski definition) is 6. The van der Waals surface area contributed by atoms with Crippen LogP contribution in [0.25, 0.3) is 0 Å². The Bertz CT molecular complexity index is 1150. The van der Waals surface area contributed by atoms with E-state index in [9.17, 15) is 14.4 Å². The number of anilines is 1. The number of carbonyl (C=O) groups excluding carboxylic acids is 3. The SMILES string of the molecule is CCCCCCCN(C(=O)C(CS)NC(=O)OC(C)(C)C)C(C(=O)Nc1ccc(OC)cc1)c1cccc(C)c1C. The molecule has 2 rings (SSSR count). The average Bonchev–Trinajstić information content (AvgIpc) is 2.92. The third-order valence-corrected chi connectivity index (χ3v) is 7.18. The van der Waals surface area contributed by atoms with E-state index in [1.165, 1.54) is 0 Å². The first kappa shape index (κ1) is 34.0. The van der Waals surface area contributed by atoms with Gasteiger partial charge in [0, 0.05) is 18.0 Å². The van der Waals surface area contributed by atoms with Crippen LogP contribution in [0.15, 0.2) is 42.5 Å². The van der Waals surface area contributed by atoms with Gasteiger partial charge in [-0.3, -0.25) is 9.59 Å². The van der Waals surface area contributed by atoms with Gasteiger partial charge in [0.15, 0.2) is 0 Å². The number of thiol groups is 1. The quantitative estimate of drug-likeness (QED) is 0.171. The van der Waals surface area contributed by atoms with Gasteiger partial charge in [-0.1, -0.05) is 50.8 Å². The van der Waals surface area contributed by atoms with Crippen LogP contribution in [-0.4, -0.2) is 53.9 Å². The zero-order valence-electron chi connectivity index (χ0n) is 25.6. The summed E-state index contributed by atoms with van der Waals surface area (Å²) in [6.45, 7) is 11.7. The molecule has 0 radical (unpaired) electrons. The van der Waals surface area contributed by atoms with E-state index in [2.05, 4.69) is 30.2 Å². The Morgan fingerprint density at radius 2 is 1.63 bits per heavy atom. The molecule has 8 nitrogen and oxygen atoms in total. The molecule has 0 saturated heterocycles. The maximum Gasteiger partial charge on any atom is 0.408 e. The minimum atomic E-state index is -0.981. The summed E-state index contributed by atoms with van der Waals surface area (Å²) in [7, 11) is 1.58. The summed E-state index contributed by atoms with van der Waals surface area (Å²) in [5, 5.41) is 5.67. The van der Waals surface area contributed by atoms with E-state index in [-0.39, 0.29) is 11.7 Å². The molecule has 9 heteroatoms. The molecule has 0 spiro atoms. The molecule has 0 aliphatic carbocycles. The second-order valence-electron chi connectivity index (χ2n) is 11.2. The van der Waals surface area contributed by atoms with Gasteiger partial charge in [-0.15, -0.1) is 0 Å². The van der Waals surface area contributed by atoms with Gasteiger partial charge in [0.1, 0.15) is 23.4 Å². The number of unbranched alkanes of at least 4 members (excludes halogenated alkanes) is 4. The van der Waals surface area contributed by atoms with Crippen molar-refractivity contribution in [2.75, 3.05) is 24.7 Å². The molecule has 2 aromatic carbocycles. The minimum absolute atomic E-state index is 0.0457. The molecule has 226 valence electrons. The Balaban J connectivity index is 2.51. The van der Waals surface area contributed by atoms with E-state index in [1.807, 2.05) is 32.0 Å². The van der Waals surface area contributed by atoms with Gasteiger partial charge in [-0.05, 0) is 82.0 Å². The lowest BCUT2D eigenvalue weighted by Gasteiger charge is -2.35. The second kappa shape index (κ2) is 16.3. The Hall–Kier alpha value is -3.20. The molecule has 0 aromatic heterocycles. The van der Waals surface area contributed by atoms with Crippen molar-refractivity contribution < 1.29 is 23.9 Å². The number of carbonyl (C=O) groups is 3. The highest BCUT2D eigenvalue weighted by Gasteiger charge is 2.36. The molecule has 2 atom stereocenters. The van der Waals surface area contributed by atoms with Crippen molar-refractivity contribution >= 4 is 36.2 Å². The van der Waals surface area contributed by atoms with Crippen LogP contribution < -0.4 is 15.4 Å². The molecule has 2 aromatic rings. The van der Waals surface area contributed by atoms with Crippen molar-refractivity contribution in [1.29, 1.82) is 0 Å². The maximum atomic E-state index is 14.2. The van der Waals surface area contributed by atoms with Gasteiger partial charge in [-0.2, -0.15) is 12.6 Å². The predicted octanol–water partition coefficient (Wildman–Crippen LogP) is 6.61. The molecule has 0 aliphatic rings. The first-order chi connectivity index (χ1) is 19.4. The number of methoxy groups -OCH3 is 1. The van der Waals surface area contributed by atoms with Crippen molar-refractivity contribution in [3.8, 4) is 5.75 Å². The average molecular weight is 586 g/mol. The molecular weight excluding hydrogens is 538 g/mol. The summed E-state index contributed by atoms with van der Waals surface area (Å²) in [4.78, 5) is 42.4. The lowest BCUT2D eigenvalue weighted by Crippen LogP contribution is -2.53. The van der Waals surface area contributed by atoms with Gasteiger partial charge < -0.3 is 25.0 Å². The van der Waals surface area contributed by atoms with Gasteiger partial charge in [0.2, 0.25) is 5.91 Å². The van der Waals surface area contributed by atoms with Gasteiger partial charge >= 0.3 is 6.09 Å². The first-order valence-corrected chi connectivity index (χ1v) is 15.0. The molecule has 3 amide bonds. The maximum absolute atomic E-state index is 14.2. The van der Waals surface area contributed by atoms with Crippen molar-refractivity contribution in [2.24, 2.45) is 0 Å². The molecule has 0 bridgehead atoms. The number of nitrogens with zero attached hydrogens (tertiary/aromatic N) is 1. The zero-order valence-corrected chi connectivity index (χ0v) is 26.5. The summed E-state index contributed by atoms with van der Waals surface area (Å²) >= 11 is 4.39. The van der Waals surface area contributed by atoms with Crippen LogP contribution in [0.1, 0.15) is 82.5 Å². The van der Waals surface area contributed by atoms with E-state index in [0.29, 0.717) is 24.4 Å². The first-order valence-electron chi connectivity index (χ1n) is 14.3. The normalized spacial score (nSPS) is 12.7. The van der Waals surface area contributed by atoms with Crippen LogP contribution >= 0.6 is 12.6 Å². The number of ether oxygens (including phenoxy) is 2. The highest BCUT2D eigenvalue weighted by atomic mass is 32.1. The number of rotatable bonds is 14. The van der Waals surface area contributed by atoms with Crippen LogP contribution in [-0.2, 0) is 14.3 Å². The molecule has 0 aliphatic heterocycles. The summed E-state index contributed by atoms with van der Waals surface area (Å²) in [6, 6.07) is 10.9. The summed E-state index contributed by atoms with van der Waals surface area (Å²) in [5.41, 5.74) is 2.52. The zero-order chi connectivity index (χ0) is 30.6. The fourth-order valence-corrected chi connectivity index (χ4v) is 4.74. The summed E-state index contributed by atoms with van der Waals surface area (Å²) < 4.78 is 10.7. The molecular formula is C32H47N3O5S. The summed E-state index contributed by atoms with van der Waals surface area (Å²) in [5.74, 6) is -0.0230. The third kappa shape index (κ3) is 10.6. The van der Waals surface area contributed by atoms with Gasteiger partial charge in [0.05, 0.1) is 7.11 Å². The predicted molar refractivity (Wildman–Crippen MR) is 168 cm³/mol. The van der Waals surface area contributed by atoms with Crippen LogP contribution in [0.5, 0.6) is 5.75 Å². The minimum Gasteiger partial charge on any atom is -0.497 e. The number of hydrogen-bond donors (Lipinski definition) is 3. The fraction of sp³-hybridized carbons (Fsp3) is 0.531. The van der Waals surface area contributed by atoms with E-state index in [1.54, 1.807) is 57.0 Å². The molecule has 0 fully saturated rings. The van der Waals surface area contributed by atoms with Crippen molar-refractivity contribution in [3.05, 3.63) is 59.2 Å². The Kier molecular flexibility index (Phi) is 13.5. The van der Waals surface area contributed by atoms with E-state index in [4.69, 9.17) is 9.47 Å². The van der Waals surface area contributed by atoms with E-state index < -0.39 is 29.7 Å². The Labute approximate surface area is 251 Å². The number of aryl methyl sites for hydroxylation is 1. The van der Waals surface area contributed by atoms with Crippen LogP contribution in [0.4, 0.5) is 10.5 Å². The number of benzene rings is 2. The molecule has 2 N–H and O–H groups in total. The largest absolute Gasteiger partial charge is 0.497 e. The Morgan fingerprint density at radius 3 is 2.22 bits per heavy atom. The van der Waals surface area contributed by atoms with E-state index >= 15 is 0 Å². The van der Waals surface area contributed by atoms with Crippen LogP contribution in [0.2, 0.25) is 0 Å².